The van der Waals surface area contributed by atoms with Crippen LogP contribution >= 0.6 is 34.5 Å². The Bertz CT molecular complexity index is 1280. The Balaban J connectivity index is 1.97. The van der Waals surface area contributed by atoms with E-state index in [1.54, 1.807) is 24.3 Å². The highest BCUT2D eigenvalue weighted by Gasteiger charge is 2.48. The van der Waals surface area contributed by atoms with Crippen LogP contribution in [0.15, 0.2) is 53.4 Å². The molecule has 0 radical (unpaired) electrons. The van der Waals surface area contributed by atoms with Gasteiger partial charge in [-0.2, -0.15) is 0 Å². The highest BCUT2D eigenvalue weighted by molar-refractivity contribution is 7.10. The first-order valence-corrected chi connectivity index (χ1v) is 11.4. The van der Waals surface area contributed by atoms with Gasteiger partial charge in [0.25, 0.3) is 11.7 Å². The van der Waals surface area contributed by atoms with Crippen molar-refractivity contribution in [3.8, 4) is 11.5 Å². The number of Topliss-reactive ketones (excluding diaryl/α,β-unsaturated/α-hetero) is 1. The monoisotopic (exact) mass is 503 g/mol. The van der Waals surface area contributed by atoms with E-state index in [1.807, 2.05) is 18.4 Å². The van der Waals surface area contributed by atoms with E-state index >= 15 is 0 Å². The molecule has 0 aliphatic carbocycles. The summed E-state index contributed by atoms with van der Waals surface area (Å²) in [7, 11) is 3.00. The van der Waals surface area contributed by atoms with Crippen molar-refractivity contribution in [3.05, 3.63) is 79.5 Å². The molecule has 1 saturated heterocycles. The third-order valence-electron chi connectivity index (χ3n) is 5.40. The summed E-state index contributed by atoms with van der Waals surface area (Å²) < 4.78 is 10.7. The Morgan fingerprint density at radius 1 is 1.00 bits per heavy atom. The van der Waals surface area contributed by atoms with Gasteiger partial charge in [0.15, 0.2) is 0 Å². The number of ether oxygens (including phenoxy) is 2. The minimum absolute atomic E-state index is 0.0364. The van der Waals surface area contributed by atoms with E-state index in [9.17, 15) is 14.7 Å². The molecule has 2 aromatic carbocycles. The van der Waals surface area contributed by atoms with E-state index in [0.717, 1.165) is 10.4 Å². The number of aliphatic hydroxyl groups excluding tert-OH is 1. The number of aliphatic hydroxyl groups is 1. The van der Waals surface area contributed by atoms with E-state index in [2.05, 4.69) is 0 Å². The van der Waals surface area contributed by atoms with Gasteiger partial charge in [0, 0.05) is 28.6 Å². The van der Waals surface area contributed by atoms with Gasteiger partial charge < -0.3 is 14.6 Å². The number of rotatable bonds is 5. The summed E-state index contributed by atoms with van der Waals surface area (Å²) in [5.74, 6) is -1.00. The van der Waals surface area contributed by atoms with Gasteiger partial charge in [-0.15, -0.1) is 11.3 Å². The molecule has 33 heavy (non-hydrogen) atoms. The molecule has 9 heteroatoms. The first-order valence-electron chi connectivity index (χ1n) is 9.80. The Kier molecular flexibility index (Phi) is 6.38. The number of carbonyl (C=O) groups excluding carboxylic acids is 2. The van der Waals surface area contributed by atoms with Gasteiger partial charge in [-0.1, -0.05) is 23.2 Å². The lowest BCUT2D eigenvalue weighted by molar-refractivity contribution is -0.132. The van der Waals surface area contributed by atoms with Crippen molar-refractivity contribution in [1.82, 2.24) is 0 Å². The fourth-order valence-corrected chi connectivity index (χ4v) is 5.06. The lowest BCUT2D eigenvalue weighted by Crippen LogP contribution is -2.29. The Labute approximate surface area is 204 Å². The Hall–Kier alpha value is -3.00. The molecule has 0 spiro atoms. The number of nitrogens with zero attached hydrogens (tertiary/aromatic N) is 1. The van der Waals surface area contributed by atoms with E-state index in [0.29, 0.717) is 22.2 Å². The second kappa shape index (κ2) is 9.09. The summed E-state index contributed by atoms with van der Waals surface area (Å²) in [4.78, 5) is 28.7. The zero-order valence-electron chi connectivity index (χ0n) is 17.9. The highest BCUT2D eigenvalue weighted by Crippen LogP contribution is 2.46. The van der Waals surface area contributed by atoms with Gasteiger partial charge in [0.1, 0.15) is 23.3 Å². The molecular formula is C24H19Cl2NO5S. The standard InChI is InChI=1S/C24H19Cl2NO5S/c1-12-6-7-33-23(12)20-19(21(28)13-4-5-17(25)18(26)8-13)22(29)24(30)27(20)14-9-15(31-2)11-16(10-14)32-3/h4-11,20,28H,1-3H3/b21-19-. The zero-order valence-corrected chi connectivity index (χ0v) is 20.2. The van der Waals surface area contributed by atoms with Crippen molar-refractivity contribution >= 4 is 57.7 Å². The van der Waals surface area contributed by atoms with Crippen LogP contribution in [0.2, 0.25) is 10.0 Å². The quantitative estimate of drug-likeness (QED) is 0.262. The molecule has 1 fully saturated rings. The number of halogens is 2. The van der Waals surface area contributed by atoms with Crippen LogP contribution in [-0.2, 0) is 9.59 Å². The number of thiophene rings is 1. The van der Waals surface area contributed by atoms with Crippen LogP contribution in [0.3, 0.4) is 0 Å². The van der Waals surface area contributed by atoms with Crippen LogP contribution < -0.4 is 14.4 Å². The molecule has 1 amide bonds. The van der Waals surface area contributed by atoms with E-state index in [1.165, 1.54) is 42.6 Å². The smallest absolute Gasteiger partial charge is 0.300 e. The molecule has 1 unspecified atom stereocenters. The van der Waals surface area contributed by atoms with Gasteiger partial charge in [0.05, 0.1) is 35.5 Å². The molecule has 4 rings (SSSR count). The van der Waals surface area contributed by atoms with E-state index in [4.69, 9.17) is 32.7 Å². The van der Waals surface area contributed by atoms with Gasteiger partial charge >= 0.3 is 0 Å². The summed E-state index contributed by atoms with van der Waals surface area (Å²) in [6, 6.07) is 10.5. The number of anilines is 1. The summed E-state index contributed by atoms with van der Waals surface area (Å²) in [5, 5.41) is 13.6. The number of amides is 1. The van der Waals surface area contributed by atoms with Gasteiger partial charge in [-0.25, -0.2) is 0 Å². The predicted octanol–water partition coefficient (Wildman–Crippen LogP) is 6.01. The van der Waals surface area contributed by atoms with Crippen molar-refractivity contribution in [2.45, 2.75) is 13.0 Å². The average molecular weight is 504 g/mol. The molecule has 6 nitrogen and oxygen atoms in total. The third kappa shape index (κ3) is 4.08. The SMILES string of the molecule is COc1cc(OC)cc(N2C(=O)C(=O)/C(=C(\O)c3ccc(Cl)c(Cl)c3)C2c2sccc2C)c1. The van der Waals surface area contributed by atoms with Crippen LogP contribution in [0, 0.1) is 6.92 Å². The van der Waals surface area contributed by atoms with Gasteiger partial charge in [-0.3, -0.25) is 14.5 Å². The van der Waals surface area contributed by atoms with Crippen LogP contribution in [0.1, 0.15) is 22.0 Å². The topological polar surface area (TPSA) is 76.1 Å². The average Bonchev–Trinajstić information content (AvgIpc) is 3.34. The molecule has 170 valence electrons. The van der Waals surface area contributed by atoms with Crippen molar-refractivity contribution in [1.29, 1.82) is 0 Å². The summed E-state index contributed by atoms with van der Waals surface area (Å²) in [6.07, 6.45) is 0. The van der Waals surface area contributed by atoms with Crippen molar-refractivity contribution in [2.75, 3.05) is 19.1 Å². The van der Waals surface area contributed by atoms with Crippen molar-refractivity contribution < 1.29 is 24.2 Å². The number of hydrogen-bond donors (Lipinski definition) is 1. The minimum atomic E-state index is -0.851. The third-order valence-corrected chi connectivity index (χ3v) is 7.21. The maximum atomic E-state index is 13.3. The lowest BCUT2D eigenvalue weighted by atomic mass is 9.98. The highest BCUT2D eigenvalue weighted by atomic mass is 35.5. The molecule has 1 N–H and O–H groups in total. The minimum Gasteiger partial charge on any atom is -0.507 e. The van der Waals surface area contributed by atoms with Crippen molar-refractivity contribution in [2.24, 2.45) is 0 Å². The van der Waals surface area contributed by atoms with E-state index in [-0.39, 0.29) is 21.9 Å². The second-order valence-corrected chi connectivity index (χ2v) is 9.10. The molecular weight excluding hydrogens is 485 g/mol. The maximum Gasteiger partial charge on any atom is 0.300 e. The number of ketones is 1. The molecule has 1 aliphatic heterocycles. The van der Waals surface area contributed by atoms with Gasteiger partial charge in [-0.05, 0) is 42.1 Å². The Morgan fingerprint density at radius 2 is 1.67 bits per heavy atom. The maximum absolute atomic E-state index is 13.3. The summed E-state index contributed by atoms with van der Waals surface area (Å²) in [5.41, 5.74) is 1.53. The van der Waals surface area contributed by atoms with Crippen LogP contribution in [0.4, 0.5) is 5.69 Å². The summed E-state index contributed by atoms with van der Waals surface area (Å²) >= 11 is 13.5. The number of methoxy groups -OCH3 is 2. The first-order chi connectivity index (χ1) is 15.8. The fourth-order valence-electron chi connectivity index (χ4n) is 3.74. The zero-order chi connectivity index (χ0) is 23.9. The Morgan fingerprint density at radius 3 is 2.21 bits per heavy atom. The van der Waals surface area contributed by atoms with E-state index < -0.39 is 17.7 Å². The first kappa shape index (κ1) is 23.2. The number of aryl methyl sites for hydroxylation is 1. The predicted molar refractivity (Wildman–Crippen MR) is 130 cm³/mol. The molecule has 0 saturated carbocycles. The molecule has 3 aromatic rings. The molecule has 1 aromatic heterocycles. The van der Waals surface area contributed by atoms with Crippen LogP contribution in [0.5, 0.6) is 11.5 Å². The molecule has 2 heterocycles. The number of benzene rings is 2. The lowest BCUT2D eigenvalue weighted by Gasteiger charge is -2.25. The van der Waals surface area contributed by atoms with Gasteiger partial charge in [0.2, 0.25) is 0 Å². The fraction of sp³-hybridized carbons (Fsp3) is 0.167. The van der Waals surface area contributed by atoms with Crippen molar-refractivity contribution in [3.63, 3.8) is 0 Å². The molecule has 0 bridgehead atoms. The van der Waals surface area contributed by atoms with Crippen LogP contribution in [0.25, 0.3) is 5.76 Å². The number of hydrogen-bond acceptors (Lipinski definition) is 6. The molecule has 1 atom stereocenters. The van der Waals surface area contributed by atoms with Crippen LogP contribution in [-0.4, -0.2) is 31.0 Å². The largest absolute Gasteiger partial charge is 0.507 e. The number of carbonyl (C=O) groups is 2. The molecule has 1 aliphatic rings. The summed E-state index contributed by atoms with van der Waals surface area (Å²) in [6.45, 7) is 1.89. The normalized spacial score (nSPS) is 17.5. The second-order valence-electron chi connectivity index (χ2n) is 7.34.